The summed E-state index contributed by atoms with van der Waals surface area (Å²) >= 11 is 0. The summed E-state index contributed by atoms with van der Waals surface area (Å²) in [5, 5.41) is 38.2. The summed E-state index contributed by atoms with van der Waals surface area (Å²) in [6.45, 7) is 6.37. The van der Waals surface area contributed by atoms with Crippen LogP contribution in [0.15, 0.2) is 18.2 Å². The van der Waals surface area contributed by atoms with Gasteiger partial charge in [0.05, 0.1) is 42.6 Å². The van der Waals surface area contributed by atoms with Gasteiger partial charge in [0, 0.05) is 61.7 Å². The number of methoxy groups -OCH3 is 2. The number of ether oxygens (including phenoxy) is 6. The Hall–Kier alpha value is -3.63. The summed E-state index contributed by atoms with van der Waals surface area (Å²) in [5.74, 6) is -3.20. The minimum Gasteiger partial charge on any atom is -0.507 e. The van der Waals surface area contributed by atoms with Gasteiger partial charge in [0.1, 0.15) is 29.0 Å². The fourth-order valence-corrected chi connectivity index (χ4v) is 7.90. The van der Waals surface area contributed by atoms with E-state index in [-0.39, 0.29) is 52.6 Å². The van der Waals surface area contributed by atoms with Gasteiger partial charge >= 0.3 is 0 Å². The average Bonchev–Trinajstić information content (AvgIpc) is 3.43. The van der Waals surface area contributed by atoms with Gasteiger partial charge in [0.2, 0.25) is 5.78 Å². The first-order valence-electron chi connectivity index (χ1n) is 16.1. The third-order valence-electron chi connectivity index (χ3n) is 10.0. The normalized spacial score (nSPS) is 32.6. The smallest absolute Gasteiger partial charge is 0.252 e. The van der Waals surface area contributed by atoms with E-state index in [0.717, 1.165) is 0 Å². The van der Waals surface area contributed by atoms with E-state index in [2.05, 4.69) is 10.2 Å². The van der Waals surface area contributed by atoms with Crippen LogP contribution in [-0.4, -0.2) is 114 Å². The molecule has 1 amide bonds. The van der Waals surface area contributed by atoms with Crippen molar-refractivity contribution in [2.75, 3.05) is 27.4 Å². The maximum atomic E-state index is 14.0. The van der Waals surface area contributed by atoms with Gasteiger partial charge in [-0.15, -0.1) is 0 Å². The largest absolute Gasteiger partial charge is 0.507 e. The first kappa shape index (κ1) is 32.9. The van der Waals surface area contributed by atoms with Crippen LogP contribution in [0.5, 0.6) is 17.2 Å². The summed E-state index contributed by atoms with van der Waals surface area (Å²) in [6.07, 6.45) is -4.39. The number of amides is 1. The minimum absolute atomic E-state index is 0.00230. The molecule has 0 radical (unpaired) electrons. The number of nitrogens with zero attached hydrogens (tertiary/aromatic N) is 1. The van der Waals surface area contributed by atoms with Crippen LogP contribution in [0, 0.1) is 0 Å². The number of aliphatic hydroxyl groups is 1. The lowest BCUT2D eigenvalue weighted by Crippen LogP contribution is -2.55. The van der Waals surface area contributed by atoms with Gasteiger partial charge in [-0.2, -0.15) is 0 Å². The Labute approximate surface area is 276 Å². The van der Waals surface area contributed by atoms with E-state index < -0.39 is 83.1 Å². The first-order valence-corrected chi connectivity index (χ1v) is 16.1. The van der Waals surface area contributed by atoms with Crippen LogP contribution in [0.4, 0.5) is 0 Å². The van der Waals surface area contributed by atoms with Crippen molar-refractivity contribution in [2.45, 2.75) is 94.8 Å². The molecule has 14 heteroatoms. The van der Waals surface area contributed by atoms with E-state index >= 15 is 0 Å². The second kappa shape index (κ2) is 12.1. The molecule has 3 aliphatic heterocycles. The van der Waals surface area contributed by atoms with Crippen LogP contribution in [0.1, 0.15) is 82.7 Å². The standard InChI is InChI=1S/C34H40N2O12/c1-14(2)35-33(41)34(42)12-17-23(29(40)25-24(27(17)38)26(37)16-7-6-8-19(43-4)22(16)28(25)39)20(13-34)47-21-11-18-30(15(3)46-21)48-31-32(44-5)45-10-9-36(18)31/h6-8,14-15,18,20-21,30-32,38,40,42H,9-13H2,1-5H3,(H,35,41)/t15-,18-,20-,21-,30+,31+,32-,34-/m0/s1. The van der Waals surface area contributed by atoms with Crippen molar-refractivity contribution in [2.24, 2.45) is 0 Å². The number of phenols is 2. The molecule has 0 aromatic heterocycles. The molecule has 3 fully saturated rings. The number of morpholine rings is 1. The molecule has 5 aliphatic rings. The second-order valence-corrected chi connectivity index (χ2v) is 13.3. The van der Waals surface area contributed by atoms with Gasteiger partial charge in [-0.05, 0) is 26.8 Å². The van der Waals surface area contributed by atoms with Crippen LogP contribution >= 0.6 is 0 Å². The van der Waals surface area contributed by atoms with Crippen molar-refractivity contribution >= 4 is 17.5 Å². The molecule has 7 rings (SSSR count). The van der Waals surface area contributed by atoms with Gasteiger partial charge in [-0.3, -0.25) is 19.3 Å². The number of ketones is 2. The van der Waals surface area contributed by atoms with Crippen LogP contribution in [0.3, 0.4) is 0 Å². The number of hydrogen-bond donors (Lipinski definition) is 4. The number of phenolic OH excluding ortho intramolecular Hbond substituents is 2. The molecule has 3 heterocycles. The molecule has 4 N–H and O–H groups in total. The maximum Gasteiger partial charge on any atom is 0.252 e. The highest BCUT2D eigenvalue weighted by Gasteiger charge is 2.55. The fourth-order valence-electron chi connectivity index (χ4n) is 7.90. The van der Waals surface area contributed by atoms with Crippen molar-refractivity contribution in [1.82, 2.24) is 10.2 Å². The molecular formula is C34H40N2O12. The zero-order chi connectivity index (χ0) is 34.2. The predicted octanol–water partition coefficient (Wildman–Crippen LogP) is 1.67. The molecule has 3 saturated heterocycles. The van der Waals surface area contributed by atoms with Crippen molar-refractivity contribution < 1.29 is 58.1 Å². The Balaban J connectivity index is 1.30. The lowest BCUT2D eigenvalue weighted by molar-refractivity contribution is -0.256. The molecule has 258 valence electrons. The molecule has 0 saturated carbocycles. The van der Waals surface area contributed by atoms with Crippen LogP contribution in [0.25, 0.3) is 0 Å². The number of hydrogen-bond acceptors (Lipinski definition) is 13. The number of fused-ring (bicyclic) bond motifs is 6. The maximum absolute atomic E-state index is 14.0. The number of aromatic hydroxyl groups is 2. The molecule has 8 atom stereocenters. The average molecular weight is 669 g/mol. The van der Waals surface area contributed by atoms with Gasteiger partial charge in [0.15, 0.2) is 24.6 Å². The highest BCUT2D eigenvalue weighted by molar-refractivity contribution is 6.31. The number of nitrogens with one attached hydrogen (secondary N) is 1. The molecule has 2 aromatic carbocycles. The summed E-state index contributed by atoms with van der Waals surface area (Å²) in [7, 11) is 2.91. The highest BCUT2D eigenvalue weighted by Crippen LogP contribution is 2.53. The van der Waals surface area contributed by atoms with E-state index in [1.807, 2.05) is 6.92 Å². The van der Waals surface area contributed by atoms with E-state index in [1.54, 1.807) is 27.0 Å². The quantitative estimate of drug-likeness (QED) is 0.279. The summed E-state index contributed by atoms with van der Waals surface area (Å²) in [6, 6.07) is 4.04. The Morgan fingerprint density at radius 3 is 2.54 bits per heavy atom. The number of rotatable bonds is 6. The van der Waals surface area contributed by atoms with E-state index in [0.29, 0.717) is 19.6 Å². The molecule has 0 bridgehead atoms. The van der Waals surface area contributed by atoms with Gasteiger partial charge in [-0.25, -0.2) is 0 Å². The second-order valence-electron chi connectivity index (χ2n) is 13.3. The van der Waals surface area contributed by atoms with Crippen LogP contribution < -0.4 is 10.1 Å². The highest BCUT2D eigenvalue weighted by atomic mass is 16.7. The van der Waals surface area contributed by atoms with E-state index in [1.165, 1.54) is 19.2 Å². The molecule has 2 aromatic rings. The van der Waals surface area contributed by atoms with Crippen molar-refractivity contribution in [1.29, 1.82) is 0 Å². The summed E-state index contributed by atoms with van der Waals surface area (Å²) in [5.41, 5.74) is -3.04. The van der Waals surface area contributed by atoms with Crippen LogP contribution in [0.2, 0.25) is 0 Å². The van der Waals surface area contributed by atoms with E-state index in [4.69, 9.17) is 28.4 Å². The molecule has 2 aliphatic carbocycles. The van der Waals surface area contributed by atoms with Gasteiger partial charge in [0.25, 0.3) is 5.91 Å². The monoisotopic (exact) mass is 668 g/mol. The minimum atomic E-state index is -2.11. The number of benzene rings is 2. The van der Waals surface area contributed by atoms with Gasteiger partial charge < -0.3 is 49.1 Å². The zero-order valence-corrected chi connectivity index (χ0v) is 27.3. The Kier molecular flexibility index (Phi) is 8.26. The molecule has 48 heavy (non-hydrogen) atoms. The predicted molar refractivity (Wildman–Crippen MR) is 165 cm³/mol. The molecular weight excluding hydrogens is 628 g/mol. The van der Waals surface area contributed by atoms with E-state index in [9.17, 15) is 29.7 Å². The first-order chi connectivity index (χ1) is 22.9. The fraction of sp³-hybridized carbons (Fsp3) is 0.559. The summed E-state index contributed by atoms with van der Waals surface area (Å²) in [4.78, 5) is 43.4. The third kappa shape index (κ3) is 5.00. The van der Waals surface area contributed by atoms with Crippen molar-refractivity contribution in [3.63, 3.8) is 0 Å². The zero-order valence-electron chi connectivity index (χ0n) is 27.3. The number of carbonyl (C=O) groups is 3. The third-order valence-corrected chi connectivity index (χ3v) is 10.0. The van der Waals surface area contributed by atoms with Gasteiger partial charge in [-0.1, -0.05) is 12.1 Å². The van der Waals surface area contributed by atoms with Crippen molar-refractivity contribution in [3.8, 4) is 17.2 Å². The Morgan fingerprint density at radius 2 is 1.83 bits per heavy atom. The topological polar surface area (TPSA) is 183 Å². The molecule has 0 unspecified atom stereocenters. The molecule has 14 nitrogen and oxygen atoms in total. The SMILES string of the molecule is COc1cccc2c1C(=O)c1c(O)c3c(c(O)c1C2=O)C[C@@](O)(C(=O)NC(C)C)C[C@@H]3O[C@H]1C[C@H]2[C@H](O[C@@H]3[C@@H](OC)OCCN32)[C@H](C)O1. The number of carbonyl (C=O) groups excluding carboxylic acids is 3. The molecule has 0 spiro atoms. The Morgan fingerprint density at radius 1 is 1.08 bits per heavy atom. The summed E-state index contributed by atoms with van der Waals surface area (Å²) < 4.78 is 35.7. The lowest BCUT2D eigenvalue weighted by Gasteiger charge is -2.43. The van der Waals surface area contributed by atoms with Crippen molar-refractivity contribution in [3.05, 3.63) is 51.6 Å². The Bertz CT molecular complexity index is 1680. The van der Waals surface area contributed by atoms with Crippen LogP contribution in [-0.2, 0) is 34.9 Å². The lowest BCUT2D eigenvalue weighted by atomic mass is 9.72.